The monoisotopic (exact) mass is 346 g/mol. The summed E-state index contributed by atoms with van der Waals surface area (Å²) in [6.07, 6.45) is 6.28. The molecular formula is C18H14N6O2. The predicted octanol–water partition coefficient (Wildman–Crippen LogP) is 3.34. The molecule has 2 aromatic heterocycles. The smallest absolute Gasteiger partial charge is 0.278 e. The Morgan fingerprint density at radius 1 is 1.04 bits per heavy atom. The highest BCUT2D eigenvalue weighted by atomic mass is 16.6. The van der Waals surface area contributed by atoms with Crippen LogP contribution in [-0.2, 0) is 6.54 Å². The average Bonchev–Trinajstić information content (AvgIpc) is 3.21. The molecule has 26 heavy (non-hydrogen) atoms. The van der Waals surface area contributed by atoms with Crippen LogP contribution < -0.4 is 5.32 Å². The van der Waals surface area contributed by atoms with Crippen LogP contribution in [0.4, 0.5) is 11.4 Å². The predicted molar refractivity (Wildman–Crippen MR) is 97.1 cm³/mol. The Bertz CT molecular complexity index is 1060. The van der Waals surface area contributed by atoms with Crippen molar-refractivity contribution in [1.82, 2.24) is 19.7 Å². The van der Waals surface area contributed by atoms with Gasteiger partial charge >= 0.3 is 0 Å². The number of nitrogens with one attached hydrogen (secondary N) is 1. The fourth-order valence-corrected chi connectivity index (χ4v) is 2.79. The van der Waals surface area contributed by atoms with Gasteiger partial charge in [-0.25, -0.2) is 9.67 Å². The third kappa shape index (κ3) is 2.95. The van der Waals surface area contributed by atoms with Crippen molar-refractivity contribution in [2.45, 2.75) is 6.54 Å². The van der Waals surface area contributed by atoms with Crippen molar-refractivity contribution in [2.24, 2.45) is 0 Å². The van der Waals surface area contributed by atoms with Crippen LogP contribution in [-0.4, -0.2) is 24.7 Å². The lowest BCUT2D eigenvalue weighted by Crippen LogP contribution is -2.02. The molecule has 0 saturated carbocycles. The number of rotatable bonds is 5. The Balaban J connectivity index is 1.57. The number of nitro groups is 1. The number of nitro benzene ring substituents is 1. The van der Waals surface area contributed by atoms with Crippen LogP contribution in [0, 0.1) is 10.1 Å². The van der Waals surface area contributed by atoms with Gasteiger partial charge in [0.2, 0.25) is 0 Å². The lowest BCUT2D eigenvalue weighted by molar-refractivity contribution is -0.383. The summed E-state index contributed by atoms with van der Waals surface area (Å²) >= 11 is 0. The van der Waals surface area contributed by atoms with E-state index < -0.39 is 4.92 Å². The maximum Gasteiger partial charge on any atom is 0.278 e. The van der Waals surface area contributed by atoms with Crippen molar-refractivity contribution < 1.29 is 4.92 Å². The number of pyridine rings is 1. The van der Waals surface area contributed by atoms with Gasteiger partial charge in [-0.15, -0.1) is 0 Å². The van der Waals surface area contributed by atoms with E-state index in [9.17, 15) is 10.1 Å². The van der Waals surface area contributed by atoms with Crippen LogP contribution in [0.3, 0.4) is 0 Å². The van der Waals surface area contributed by atoms with Gasteiger partial charge in [0, 0.05) is 36.1 Å². The zero-order valence-corrected chi connectivity index (χ0v) is 13.6. The Hall–Kier alpha value is -3.81. The molecule has 0 saturated heterocycles. The van der Waals surface area contributed by atoms with Gasteiger partial charge in [-0.05, 0) is 29.8 Å². The molecule has 1 N–H and O–H groups in total. The number of benzene rings is 2. The first-order valence-electron chi connectivity index (χ1n) is 7.91. The second-order valence-electron chi connectivity index (χ2n) is 5.67. The van der Waals surface area contributed by atoms with E-state index in [1.54, 1.807) is 29.3 Å². The minimum absolute atomic E-state index is 0.0517. The first-order chi connectivity index (χ1) is 12.7. The van der Waals surface area contributed by atoms with E-state index in [4.69, 9.17) is 0 Å². The molecule has 0 fully saturated rings. The molecule has 8 heteroatoms. The quantitative estimate of drug-likeness (QED) is 0.439. The number of nitrogens with zero attached hydrogens (tertiary/aromatic N) is 5. The summed E-state index contributed by atoms with van der Waals surface area (Å²) in [5.74, 6) is 0. The summed E-state index contributed by atoms with van der Waals surface area (Å²) in [5, 5.41) is 19.9. The number of anilines is 1. The van der Waals surface area contributed by atoms with Gasteiger partial charge in [0.1, 0.15) is 12.7 Å². The molecule has 0 spiro atoms. The van der Waals surface area contributed by atoms with Crippen LogP contribution in [0.2, 0.25) is 0 Å². The molecular weight excluding hydrogens is 332 g/mol. The van der Waals surface area contributed by atoms with Crippen LogP contribution in [0.5, 0.6) is 0 Å². The van der Waals surface area contributed by atoms with Crippen LogP contribution in [0.25, 0.3) is 16.5 Å². The zero-order chi connectivity index (χ0) is 17.9. The molecule has 0 amide bonds. The molecule has 2 aromatic carbocycles. The van der Waals surface area contributed by atoms with E-state index in [0.29, 0.717) is 11.9 Å². The molecule has 0 atom stereocenters. The van der Waals surface area contributed by atoms with Gasteiger partial charge in [-0.1, -0.05) is 12.1 Å². The van der Waals surface area contributed by atoms with Gasteiger partial charge in [0.15, 0.2) is 0 Å². The molecule has 0 bridgehead atoms. The summed E-state index contributed by atoms with van der Waals surface area (Å²) in [4.78, 5) is 18.7. The Labute approximate surface area is 148 Å². The molecule has 128 valence electrons. The number of hydrogen-bond donors (Lipinski definition) is 1. The maximum absolute atomic E-state index is 11.2. The topological polar surface area (TPSA) is 98.8 Å². The normalized spacial score (nSPS) is 10.8. The average molecular weight is 346 g/mol. The Morgan fingerprint density at radius 3 is 2.62 bits per heavy atom. The fourth-order valence-electron chi connectivity index (χ4n) is 2.79. The maximum atomic E-state index is 11.2. The number of non-ortho nitro benzene ring substituents is 1. The van der Waals surface area contributed by atoms with Crippen molar-refractivity contribution in [3.63, 3.8) is 0 Å². The van der Waals surface area contributed by atoms with E-state index in [1.165, 1.54) is 18.6 Å². The van der Waals surface area contributed by atoms with Gasteiger partial charge < -0.3 is 5.32 Å². The van der Waals surface area contributed by atoms with Gasteiger partial charge in [-0.3, -0.25) is 15.1 Å². The second-order valence-corrected chi connectivity index (χ2v) is 5.67. The zero-order valence-electron chi connectivity index (χ0n) is 13.6. The van der Waals surface area contributed by atoms with Gasteiger partial charge in [0.05, 0.1) is 16.0 Å². The number of hydrogen-bond acceptors (Lipinski definition) is 6. The Kier molecular flexibility index (Phi) is 3.98. The van der Waals surface area contributed by atoms with Crippen molar-refractivity contribution in [3.05, 3.63) is 83.2 Å². The van der Waals surface area contributed by atoms with E-state index in [1.807, 2.05) is 24.3 Å². The molecule has 0 aliphatic rings. The van der Waals surface area contributed by atoms with Crippen molar-refractivity contribution in [2.75, 3.05) is 5.32 Å². The molecule has 4 aromatic rings. The first-order valence-corrected chi connectivity index (χ1v) is 7.91. The van der Waals surface area contributed by atoms with E-state index in [2.05, 4.69) is 20.4 Å². The number of aromatic nitrogens is 4. The van der Waals surface area contributed by atoms with Crippen LogP contribution >= 0.6 is 0 Å². The lowest BCUT2D eigenvalue weighted by atomic mass is 10.1. The minimum Gasteiger partial charge on any atom is -0.380 e. The first kappa shape index (κ1) is 15.7. The summed E-state index contributed by atoms with van der Waals surface area (Å²) in [7, 11) is 0. The SMILES string of the molecule is O=[N+]([O-])c1ccc(NCc2ccc(-n3cncn3)cc2)c2ccncc12. The number of fused-ring (bicyclic) bond motifs is 1. The van der Waals surface area contributed by atoms with E-state index >= 15 is 0 Å². The lowest BCUT2D eigenvalue weighted by Gasteiger charge is -2.10. The summed E-state index contributed by atoms with van der Waals surface area (Å²) in [6.45, 7) is 0.590. The van der Waals surface area contributed by atoms with E-state index in [0.717, 1.165) is 22.3 Å². The van der Waals surface area contributed by atoms with Crippen LogP contribution in [0.15, 0.2) is 67.5 Å². The van der Waals surface area contributed by atoms with Crippen molar-refractivity contribution in [3.8, 4) is 5.69 Å². The molecule has 4 rings (SSSR count). The third-order valence-electron chi connectivity index (χ3n) is 4.09. The Morgan fingerprint density at radius 2 is 1.88 bits per heavy atom. The highest BCUT2D eigenvalue weighted by Gasteiger charge is 2.14. The molecule has 0 unspecified atom stereocenters. The van der Waals surface area contributed by atoms with Gasteiger partial charge in [0.25, 0.3) is 5.69 Å². The fraction of sp³-hybridized carbons (Fsp3) is 0.0556. The van der Waals surface area contributed by atoms with Crippen molar-refractivity contribution in [1.29, 1.82) is 0 Å². The second kappa shape index (κ2) is 6.60. The minimum atomic E-state index is -0.392. The third-order valence-corrected chi connectivity index (χ3v) is 4.09. The summed E-state index contributed by atoms with van der Waals surface area (Å²) in [6, 6.07) is 12.9. The molecule has 2 heterocycles. The standard InChI is InChI=1S/C18H14N6O2/c25-24(26)18-6-5-17(15-7-8-19-10-16(15)18)21-9-13-1-3-14(4-2-13)23-12-20-11-22-23/h1-8,10-12,21H,9H2. The molecule has 8 nitrogen and oxygen atoms in total. The van der Waals surface area contributed by atoms with Crippen LogP contribution in [0.1, 0.15) is 5.56 Å². The van der Waals surface area contributed by atoms with Crippen molar-refractivity contribution >= 4 is 22.1 Å². The highest BCUT2D eigenvalue weighted by molar-refractivity contribution is 5.99. The van der Waals surface area contributed by atoms with E-state index in [-0.39, 0.29) is 5.69 Å². The highest BCUT2D eigenvalue weighted by Crippen LogP contribution is 2.30. The molecule has 0 radical (unpaired) electrons. The summed E-state index contributed by atoms with van der Waals surface area (Å²) in [5.41, 5.74) is 2.89. The van der Waals surface area contributed by atoms with Gasteiger partial charge in [-0.2, -0.15) is 5.10 Å². The molecule has 0 aliphatic heterocycles. The largest absolute Gasteiger partial charge is 0.380 e. The molecule has 0 aliphatic carbocycles. The summed E-state index contributed by atoms with van der Waals surface area (Å²) < 4.78 is 1.69.